The molecule has 12 heteroatoms. The predicted octanol–water partition coefficient (Wildman–Crippen LogP) is 4.20. The van der Waals surface area contributed by atoms with Crippen LogP contribution in [0.4, 0.5) is 0 Å². The first-order valence-corrected chi connectivity index (χ1v) is 15.5. The molecule has 250 valence electrons. The van der Waals surface area contributed by atoms with Crippen molar-refractivity contribution in [3.63, 3.8) is 0 Å². The molecule has 2 aromatic rings. The third kappa shape index (κ3) is 5.15. The molecule has 0 fully saturated rings. The monoisotopic (exact) mass is 658 g/mol. The van der Waals surface area contributed by atoms with Gasteiger partial charge in [0.1, 0.15) is 11.5 Å². The molecule has 0 amide bonds. The van der Waals surface area contributed by atoms with Crippen LogP contribution in [0, 0.1) is 0 Å². The number of rotatable bonds is 7. The van der Waals surface area contributed by atoms with Gasteiger partial charge in [-0.2, -0.15) is 0 Å². The quantitative estimate of drug-likeness (QED) is 0.391. The number of esters is 2. The van der Waals surface area contributed by atoms with Crippen LogP contribution in [0.1, 0.15) is 81.0 Å². The fourth-order valence-electron chi connectivity index (χ4n) is 7.27. The molecule has 0 bridgehead atoms. The van der Waals surface area contributed by atoms with E-state index in [9.17, 15) is 28.8 Å². The van der Waals surface area contributed by atoms with Gasteiger partial charge < -0.3 is 28.4 Å². The van der Waals surface area contributed by atoms with Crippen LogP contribution in [0.5, 0.6) is 11.5 Å². The molecule has 48 heavy (non-hydrogen) atoms. The second kappa shape index (κ2) is 12.6. The Bertz CT molecular complexity index is 1740. The summed E-state index contributed by atoms with van der Waals surface area (Å²) in [7, 11) is 5.28. The molecule has 2 heterocycles. The van der Waals surface area contributed by atoms with Crippen molar-refractivity contribution in [1.82, 2.24) is 0 Å². The van der Waals surface area contributed by atoms with Crippen molar-refractivity contribution in [1.29, 1.82) is 0 Å². The molecular formula is C36H34O12. The fourth-order valence-corrected chi connectivity index (χ4v) is 7.27. The standard InChI is InChI=1S/C36H34O12/c1-15-27-23(11-17(47-15)13-25(37)43-3)31(39)21-9-7-19(35(45-5)29(21)33(27)41)20-8-10-22-30(36(20)46-6)34(42)28-16(2)48-18(14-26(38)44-4)12-24(28)32(22)40/h7-10,15-18H,11-14H2,1-6H3/t15-,16+,17-,18+. The van der Waals surface area contributed by atoms with E-state index in [1.807, 2.05) is 0 Å². The molecule has 4 atom stereocenters. The van der Waals surface area contributed by atoms with E-state index in [2.05, 4.69) is 0 Å². The van der Waals surface area contributed by atoms with Gasteiger partial charge in [0.15, 0.2) is 23.1 Å². The van der Waals surface area contributed by atoms with Crippen molar-refractivity contribution < 1.29 is 57.2 Å². The summed E-state index contributed by atoms with van der Waals surface area (Å²) in [6, 6.07) is 6.27. The minimum absolute atomic E-state index is 0.0405. The summed E-state index contributed by atoms with van der Waals surface area (Å²) in [4.78, 5) is 79.7. The highest BCUT2D eigenvalue weighted by Crippen LogP contribution is 2.48. The lowest BCUT2D eigenvalue weighted by atomic mass is 9.75. The number of ketones is 4. The van der Waals surface area contributed by atoms with Crippen LogP contribution in [0.25, 0.3) is 11.1 Å². The molecule has 0 aromatic heterocycles. The first-order valence-electron chi connectivity index (χ1n) is 15.5. The number of methoxy groups -OCH3 is 4. The van der Waals surface area contributed by atoms with Crippen LogP contribution in [0.2, 0.25) is 0 Å². The number of ether oxygens (including phenoxy) is 6. The summed E-state index contributed by atoms with van der Waals surface area (Å²) in [6.45, 7) is 3.30. The summed E-state index contributed by atoms with van der Waals surface area (Å²) >= 11 is 0. The Kier molecular flexibility index (Phi) is 8.65. The van der Waals surface area contributed by atoms with Crippen LogP contribution in [0.15, 0.2) is 46.6 Å². The second-order valence-corrected chi connectivity index (χ2v) is 12.0. The number of hydrogen-bond acceptors (Lipinski definition) is 12. The van der Waals surface area contributed by atoms with Gasteiger partial charge in [-0.3, -0.25) is 28.8 Å². The number of carbonyl (C=O) groups excluding carboxylic acids is 6. The van der Waals surface area contributed by atoms with Crippen molar-refractivity contribution in [3.8, 4) is 22.6 Å². The Hall–Kier alpha value is -4.94. The zero-order valence-electron chi connectivity index (χ0n) is 27.3. The minimum Gasteiger partial charge on any atom is -0.495 e. The zero-order chi connectivity index (χ0) is 34.6. The smallest absolute Gasteiger partial charge is 0.308 e. The highest BCUT2D eigenvalue weighted by Gasteiger charge is 2.45. The second-order valence-electron chi connectivity index (χ2n) is 12.0. The highest BCUT2D eigenvalue weighted by molar-refractivity contribution is 6.30. The Labute approximate surface area is 275 Å². The van der Waals surface area contributed by atoms with E-state index in [0.717, 1.165) is 0 Å². The van der Waals surface area contributed by atoms with Crippen LogP contribution in [-0.2, 0) is 28.5 Å². The van der Waals surface area contributed by atoms with Crippen molar-refractivity contribution >= 4 is 35.1 Å². The summed E-state index contributed by atoms with van der Waals surface area (Å²) in [6.07, 6.45) is -2.80. The van der Waals surface area contributed by atoms with Crippen molar-refractivity contribution in [3.05, 3.63) is 68.8 Å². The predicted molar refractivity (Wildman–Crippen MR) is 168 cm³/mol. The normalized spacial score (nSPS) is 23.2. The summed E-state index contributed by atoms with van der Waals surface area (Å²) in [5.74, 6) is -2.43. The van der Waals surface area contributed by atoms with Crippen molar-refractivity contribution in [2.45, 2.75) is 63.9 Å². The number of hydrogen-bond donors (Lipinski definition) is 0. The third-order valence-electron chi connectivity index (χ3n) is 9.36. The van der Waals surface area contributed by atoms with Crippen LogP contribution in [0.3, 0.4) is 0 Å². The molecule has 2 aromatic carbocycles. The minimum atomic E-state index is -0.780. The maximum absolute atomic E-state index is 14.1. The van der Waals surface area contributed by atoms with Gasteiger partial charge in [0, 0.05) is 57.4 Å². The van der Waals surface area contributed by atoms with Crippen LogP contribution >= 0.6 is 0 Å². The lowest BCUT2D eigenvalue weighted by molar-refractivity contribution is -0.145. The molecule has 0 saturated heterocycles. The molecule has 12 nitrogen and oxygen atoms in total. The average molecular weight is 659 g/mol. The van der Waals surface area contributed by atoms with Gasteiger partial charge in [-0.25, -0.2) is 0 Å². The van der Waals surface area contributed by atoms with E-state index in [-0.39, 0.29) is 93.3 Å². The lowest BCUT2D eigenvalue weighted by Crippen LogP contribution is -2.38. The highest BCUT2D eigenvalue weighted by atomic mass is 16.5. The molecule has 0 saturated carbocycles. The Morgan fingerprint density at radius 3 is 1.29 bits per heavy atom. The molecule has 0 unspecified atom stereocenters. The Balaban J connectivity index is 1.43. The van der Waals surface area contributed by atoms with Gasteiger partial charge in [-0.15, -0.1) is 0 Å². The van der Waals surface area contributed by atoms with E-state index in [4.69, 9.17) is 28.4 Å². The van der Waals surface area contributed by atoms with Crippen LogP contribution < -0.4 is 9.47 Å². The van der Waals surface area contributed by atoms with E-state index < -0.39 is 47.9 Å². The van der Waals surface area contributed by atoms with Gasteiger partial charge in [0.05, 0.1) is 76.8 Å². The van der Waals surface area contributed by atoms with Crippen molar-refractivity contribution in [2.75, 3.05) is 28.4 Å². The van der Waals surface area contributed by atoms with E-state index in [1.54, 1.807) is 26.0 Å². The van der Waals surface area contributed by atoms with Gasteiger partial charge in [0.25, 0.3) is 0 Å². The van der Waals surface area contributed by atoms with Gasteiger partial charge in [-0.05, 0) is 38.1 Å². The topological polar surface area (TPSA) is 158 Å². The van der Waals surface area contributed by atoms with Gasteiger partial charge >= 0.3 is 11.9 Å². The Morgan fingerprint density at radius 1 is 0.604 bits per heavy atom. The molecular weight excluding hydrogens is 624 g/mol. The summed E-state index contributed by atoms with van der Waals surface area (Å²) in [5, 5.41) is 0. The number of fused-ring (bicyclic) bond motifs is 2. The molecule has 0 radical (unpaired) electrons. The van der Waals surface area contributed by atoms with E-state index in [0.29, 0.717) is 11.1 Å². The number of Topliss-reactive ketones (excluding diaryl/α,β-unsaturated/α-hetero) is 4. The molecule has 2 aliphatic heterocycles. The molecule has 2 aliphatic carbocycles. The maximum Gasteiger partial charge on any atom is 0.308 e. The summed E-state index contributed by atoms with van der Waals surface area (Å²) in [5.41, 5.74) is 2.03. The molecule has 0 N–H and O–H groups in total. The largest absolute Gasteiger partial charge is 0.495 e. The van der Waals surface area contributed by atoms with Crippen LogP contribution in [-0.4, -0.2) is 87.9 Å². The SMILES string of the molecule is COC(=O)C[C@@H]1CC2=C(C(=O)c3c(ccc(-c4ccc5c(c4OC)C(=O)C4=C(C[C@H](CC(=O)OC)O[C@@H]4C)C5=O)c3OC)C2=O)[C@H](C)O1. The van der Waals surface area contributed by atoms with Gasteiger partial charge in [0.2, 0.25) is 0 Å². The van der Waals surface area contributed by atoms with Crippen molar-refractivity contribution in [2.24, 2.45) is 0 Å². The molecule has 6 rings (SSSR count). The first kappa shape index (κ1) is 33.0. The first-order chi connectivity index (χ1) is 22.9. The Morgan fingerprint density at radius 2 is 0.958 bits per heavy atom. The fraction of sp³-hybridized carbons (Fsp3) is 0.389. The van der Waals surface area contributed by atoms with Gasteiger partial charge in [-0.1, -0.05) is 0 Å². The average Bonchev–Trinajstić information content (AvgIpc) is 3.07. The zero-order valence-corrected chi connectivity index (χ0v) is 27.3. The molecule has 4 aliphatic rings. The number of carbonyl (C=O) groups is 6. The third-order valence-corrected chi connectivity index (χ3v) is 9.36. The molecule has 0 spiro atoms. The van der Waals surface area contributed by atoms with E-state index in [1.165, 1.54) is 40.6 Å². The maximum atomic E-state index is 14.1. The number of benzene rings is 2. The summed E-state index contributed by atoms with van der Waals surface area (Å²) < 4.78 is 33.0. The van der Waals surface area contributed by atoms with E-state index >= 15 is 0 Å². The lowest BCUT2D eigenvalue weighted by Gasteiger charge is -2.35.